The summed E-state index contributed by atoms with van der Waals surface area (Å²) >= 11 is 6.37. The highest BCUT2D eigenvalue weighted by Gasteiger charge is 2.01. The number of aromatic nitrogens is 1. The summed E-state index contributed by atoms with van der Waals surface area (Å²) in [4.78, 5) is 11.3. The molecular formula is C7H7Br2NO2. The number of hydrogen-bond acceptors (Lipinski definition) is 2. The molecule has 1 aromatic heterocycles. The van der Waals surface area contributed by atoms with Crippen LogP contribution in [0.15, 0.2) is 26.0 Å². The summed E-state index contributed by atoms with van der Waals surface area (Å²) in [7, 11) is 0. The average Bonchev–Trinajstić information content (AvgIpc) is 2.00. The van der Waals surface area contributed by atoms with Gasteiger partial charge in [-0.15, -0.1) is 0 Å². The quantitative estimate of drug-likeness (QED) is 0.896. The molecule has 0 saturated heterocycles. The van der Waals surface area contributed by atoms with Crippen LogP contribution in [0.1, 0.15) is 0 Å². The smallest absolute Gasteiger partial charge is 0.264 e. The molecule has 0 aromatic carbocycles. The molecule has 0 atom stereocenters. The van der Waals surface area contributed by atoms with Crippen molar-refractivity contribution in [1.82, 2.24) is 4.57 Å². The maximum atomic E-state index is 11.3. The van der Waals surface area contributed by atoms with Crippen LogP contribution in [0.5, 0.6) is 0 Å². The topological polar surface area (TPSA) is 42.2 Å². The monoisotopic (exact) mass is 295 g/mol. The Kier molecular flexibility index (Phi) is 3.49. The third-order valence-corrected chi connectivity index (χ3v) is 2.35. The van der Waals surface area contributed by atoms with Crippen LogP contribution in [0.2, 0.25) is 0 Å². The van der Waals surface area contributed by atoms with Gasteiger partial charge in [0.15, 0.2) is 0 Å². The van der Waals surface area contributed by atoms with Gasteiger partial charge in [-0.1, -0.05) is 0 Å². The van der Waals surface area contributed by atoms with E-state index in [1.165, 1.54) is 4.57 Å². The van der Waals surface area contributed by atoms with E-state index in [4.69, 9.17) is 5.11 Å². The van der Waals surface area contributed by atoms with Crippen LogP contribution in [-0.4, -0.2) is 16.3 Å². The van der Waals surface area contributed by atoms with Gasteiger partial charge in [0.25, 0.3) is 5.56 Å². The van der Waals surface area contributed by atoms with Gasteiger partial charge in [-0.3, -0.25) is 4.79 Å². The lowest BCUT2D eigenvalue weighted by Gasteiger charge is -2.03. The van der Waals surface area contributed by atoms with Gasteiger partial charge in [-0.25, -0.2) is 0 Å². The number of rotatable bonds is 2. The number of nitrogens with zero attached hydrogens (tertiary/aromatic N) is 1. The summed E-state index contributed by atoms with van der Waals surface area (Å²) in [6.07, 6.45) is 1.64. The van der Waals surface area contributed by atoms with Crippen LogP contribution in [0, 0.1) is 0 Å². The first kappa shape index (κ1) is 9.95. The van der Waals surface area contributed by atoms with E-state index in [-0.39, 0.29) is 12.2 Å². The van der Waals surface area contributed by atoms with Crippen molar-refractivity contribution < 1.29 is 5.11 Å². The summed E-state index contributed by atoms with van der Waals surface area (Å²) in [5.74, 6) is 0. The highest BCUT2D eigenvalue weighted by molar-refractivity contribution is 9.11. The van der Waals surface area contributed by atoms with E-state index in [9.17, 15) is 4.79 Å². The molecule has 0 aliphatic carbocycles. The van der Waals surface area contributed by atoms with E-state index in [0.29, 0.717) is 11.0 Å². The zero-order valence-corrected chi connectivity index (χ0v) is 9.30. The van der Waals surface area contributed by atoms with E-state index >= 15 is 0 Å². The molecule has 0 aliphatic heterocycles. The fourth-order valence-electron chi connectivity index (χ4n) is 0.839. The zero-order chi connectivity index (χ0) is 9.14. The highest BCUT2D eigenvalue weighted by atomic mass is 79.9. The van der Waals surface area contributed by atoms with Crippen LogP contribution < -0.4 is 5.56 Å². The predicted octanol–water partition coefficient (Wildman–Crippen LogP) is 1.37. The second kappa shape index (κ2) is 4.20. The minimum absolute atomic E-state index is 0.0389. The fraction of sp³-hybridized carbons (Fsp3) is 0.286. The van der Waals surface area contributed by atoms with Gasteiger partial charge in [0.05, 0.1) is 11.1 Å². The summed E-state index contributed by atoms with van der Waals surface area (Å²) in [6, 6.07) is 1.68. The number of pyridine rings is 1. The summed E-state index contributed by atoms with van der Waals surface area (Å²) in [5, 5.41) is 8.64. The molecule has 0 radical (unpaired) electrons. The van der Waals surface area contributed by atoms with Gasteiger partial charge in [0.1, 0.15) is 0 Å². The summed E-state index contributed by atoms with van der Waals surface area (Å²) in [5.41, 5.74) is -0.132. The Labute approximate surface area is 86.3 Å². The third kappa shape index (κ3) is 2.18. The van der Waals surface area contributed by atoms with Crippen LogP contribution in [0.25, 0.3) is 0 Å². The second-order valence-corrected chi connectivity index (χ2v) is 4.00. The van der Waals surface area contributed by atoms with Crippen molar-refractivity contribution in [2.45, 2.75) is 6.54 Å². The maximum Gasteiger partial charge on any atom is 0.264 e. The van der Waals surface area contributed by atoms with Crippen molar-refractivity contribution in [1.29, 1.82) is 0 Å². The first-order valence-electron chi connectivity index (χ1n) is 3.31. The minimum atomic E-state index is -0.132. The van der Waals surface area contributed by atoms with Crippen molar-refractivity contribution in [3.8, 4) is 0 Å². The molecule has 12 heavy (non-hydrogen) atoms. The molecule has 3 nitrogen and oxygen atoms in total. The van der Waals surface area contributed by atoms with Crippen LogP contribution in [-0.2, 0) is 6.54 Å². The van der Waals surface area contributed by atoms with Gasteiger partial charge in [-0.2, -0.15) is 0 Å². The van der Waals surface area contributed by atoms with Crippen LogP contribution >= 0.6 is 31.9 Å². The third-order valence-electron chi connectivity index (χ3n) is 1.35. The highest BCUT2D eigenvalue weighted by Crippen LogP contribution is 2.12. The molecule has 1 aromatic rings. The number of aliphatic hydroxyl groups is 1. The lowest BCUT2D eigenvalue weighted by Crippen LogP contribution is -2.21. The summed E-state index contributed by atoms with van der Waals surface area (Å²) < 4.78 is 2.74. The van der Waals surface area contributed by atoms with Gasteiger partial charge in [0, 0.05) is 17.2 Å². The maximum absolute atomic E-state index is 11.3. The van der Waals surface area contributed by atoms with E-state index in [1.807, 2.05) is 0 Å². The Balaban J connectivity index is 3.19. The molecule has 0 fully saturated rings. The number of aliphatic hydroxyl groups excluding tert-OH is 1. The fourth-order valence-corrected chi connectivity index (χ4v) is 2.10. The van der Waals surface area contributed by atoms with Crippen molar-refractivity contribution in [3.63, 3.8) is 0 Å². The Morgan fingerprint density at radius 3 is 2.75 bits per heavy atom. The Hall–Kier alpha value is -0.130. The molecule has 0 saturated carbocycles. The molecule has 0 amide bonds. The minimum Gasteiger partial charge on any atom is -0.395 e. The first-order chi connectivity index (χ1) is 5.65. The Morgan fingerprint density at radius 2 is 2.17 bits per heavy atom. The zero-order valence-electron chi connectivity index (χ0n) is 6.13. The predicted molar refractivity (Wildman–Crippen MR) is 53.2 cm³/mol. The molecule has 1 N–H and O–H groups in total. The van der Waals surface area contributed by atoms with Crippen molar-refractivity contribution in [3.05, 3.63) is 31.6 Å². The molecule has 66 valence electrons. The molecule has 0 aliphatic rings. The van der Waals surface area contributed by atoms with Crippen molar-refractivity contribution in [2.75, 3.05) is 6.61 Å². The molecule has 5 heteroatoms. The standard InChI is InChI=1S/C7H7Br2NO2/c8-5-3-6(9)7(12)10(4-5)1-2-11/h3-4,11H,1-2H2. The Morgan fingerprint density at radius 1 is 1.50 bits per heavy atom. The van der Waals surface area contributed by atoms with Gasteiger partial charge in [0.2, 0.25) is 0 Å². The molecule has 0 bridgehead atoms. The van der Waals surface area contributed by atoms with Gasteiger partial charge in [-0.05, 0) is 37.9 Å². The molecule has 1 heterocycles. The normalized spacial score (nSPS) is 10.2. The van der Waals surface area contributed by atoms with Crippen LogP contribution in [0.3, 0.4) is 0 Å². The van der Waals surface area contributed by atoms with Gasteiger partial charge >= 0.3 is 0 Å². The molecular weight excluding hydrogens is 290 g/mol. The average molecular weight is 297 g/mol. The van der Waals surface area contributed by atoms with E-state index in [0.717, 1.165) is 4.47 Å². The first-order valence-corrected chi connectivity index (χ1v) is 4.90. The van der Waals surface area contributed by atoms with E-state index < -0.39 is 0 Å². The second-order valence-electron chi connectivity index (χ2n) is 2.23. The largest absolute Gasteiger partial charge is 0.395 e. The molecule has 1 rings (SSSR count). The lowest BCUT2D eigenvalue weighted by atomic mass is 10.4. The van der Waals surface area contributed by atoms with Crippen LogP contribution in [0.4, 0.5) is 0 Å². The molecule has 0 unspecified atom stereocenters. The van der Waals surface area contributed by atoms with E-state index in [1.54, 1.807) is 12.3 Å². The van der Waals surface area contributed by atoms with Crippen molar-refractivity contribution >= 4 is 31.9 Å². The number of hydrogen-bond donors (Lipinski definition) is 1. The number of halogens is 2. The molecule has 0 spiro atoms. The van der Waals surface area contributed by atoms with Gasteiger partial charge < -0.3 is 9.67 Å². The Bertz CT molecular complexity index is 335. The lowest BCUT2D eigenvalue weighted by molar-refractivity contribution is 0.274. The van der Waals surface area contributed by atoms with Crippen molar-refractivity contribution in [2.24, 2.45) is 0 Å². The SMILES string of the molecule is O=c1c(Br)cc(Br)cn1CCO. The van der Waals surface area contributed by atoms with E-state index in [2.05, 4.69) is 31.9 Å². The summed E-state index contributed by atoms with van der Waals surface area (Å²) in [6.45, 7) is 0.277.